The van der Waals surface area contributed by atoms with Crippen LogP contribution < -0.4 is 15.6 Å². The standard InChI is InChI=1S/C23H20F4N2O3/c1-29-9-7-13-14(21(29)30)3-2-4-17(13)28-20-15-5-6-16(24)19-18(15)12(8-10-32-19)11-22(20,31)23(25,26)27/h2-7,9,12,20,28,31H,8,10-11H2,1H3. The number of nitrogens with one attached hydrogen (secondary N) is 1. The lowest BCUT2D eigenvalue weighted by Gasteiger charge is -2.47. The van der Waals surface area contributed by atoms with Crippen LogP contribution in [0.25, 0.3) is 10.8 Å². The predicted molar refractivity (Wildman–Crippen MR) is 110 cm³/mol. The Balaban J connectivity index is 1.72. The van der Waals surface area contributed by atoms with Gasteiger partial charge in [-0.1, -0.05) is 12.1 Å². The van der Waals surface area contributed by atoms with E-state index in [4.69, 9.17) is 4.74 Å². The number of hydrogen-bond donors (Lipinski definition) is 2. The molecule has 0 saturated heterocycles. The number of pyridine rings is 1. The van der Waals surface area contributed by atoms with Crippen molar-refractivity contribution < 1.29 is 27.4 Å². The van der Waals surface area contributed by atoms with Crippen LogP contribution in [-0.4, -0.2) is 28.1 Å². The molecule has 2 aromatic carbocycles. The van der Waals surface area contributed by atoms with E-state index in [0.29, 0.717) is 16.3 Å². The Morgan fingerprint density at radius 3 is 2.72 bits per heavy atom. The predicted octanol–water partition coefficient (Wildman–Crippen LogP) is 4.39. The molecule has 1 aliphatic carbocycles. The zero-order chi connectivity index (χ0) is 22.8. The summed E-state index contributed by atoms with van der Waals surface area (Å²) in [6.07, 6.45) is -3.79. The van der Waals surface area contributed by atoms with Gasteiger partial charge in [0.1, 0.15) is 0 Å². The summed E-state index contributed by atoms with van der Waals surface area (Å²) in [5, 5.41) is 14.6. The molecule has 3 atom stereocenters. The van der Waals surface area contributed by atoms with Crippen LogP contribution in [0.15, 0.2) is 47.4 Å². The molecule has 5 nitrogen and oxygen atoms in total. The highest BCUT2D eigenvalue weighted by molar-refractivity contribution is 5.93. The number of aromatic nitrogens is 1. The first-order valence-corrected chi connectivity index (χ1v) is 10.2. The van der Waals surface area contributed by atoms with Crippen LogP contribution in [-0.2, 0) is 7.05 Å². The Morgan fingerprint density at radius 2 is 1.97 bits per heavy atom. The van der Waals surface area contributed by atoms with Gasteiger partial charge in [0.15, 0.2) is 17.2 Å². The minimum absolute atomic E-state index is 0.0541. The van der Waals surface area contributed by atoms with E-state index in [0.717, 1.165) is 6.07 Å². The van der Waals surface area contributed by atoms with Crippen molar-refractivity contribution in [3.63, 3.8) is 0 Å². The van der Waals surface area contributed by atoms with Gasteiger partial charge in [-0.05, 0) is 48.6 Å². The van der Waals surface area contributed by atoms with Crippen LogP contribution in [0.1, 0.15) is 35.9 Å². The van der Waals surface area contributed by atoms with Gasteiger partial charge in [-0.2, -0.15) is 13.2 Å². The fourth-order valence-electron chi connectivity index (χ4n) is 4.94. The highest BCUT2D eigenvalue weighted by Gasteiger charge is 2.63. The zero-order valence-electron chi connectivity index (χ0n) is 17.0. The Bertz CT molecular complexity index is 1290. The first kappa shape index (κ1) is 20.8. The van der Waals surface area contributed by atoms with Crippen LogP contribution in [0.2, 0.25) is 0 Å². The maximum atomic E-state index is 14.4. The molecule has 0 radical (unpaired) electrons. The van der Waals surface area contributed by atoms with E-state index in [9.17, 15) is 27.5 Å². The average molecular weight is 448 g/mol. The molecule has 1 aliphatic heterocycles. The van der Waals surface area contributed by atoms with Crippen molar-refractivity contribution in [1.29, 1.82) is 0 Å². The number of hydrogen-bond acceptors (Lipinski definition) is 4. The van der Waals surface area contributed by atoms with Gasteiger partial charge in [0.05, 0.1) is 12.6 Å². The largest absolute Gasteiger partial charge is 0.490 e. The molecule has 5 rings (SSSR count). The molecule has 1 aromatic heterocycles. The molecule has 0 bridgehead atoms. The van der Waals surface area contributed by atoms with Gasteiger partial charge in [0.2, 0.25) is 0 Å². The highest BCUT2D eigenvalue weighted by Crippen LogP contribution is 2.56. The summed E-state index contributed by atoms with van der Waals surface area (Å²) in [6.45, 7) is 0.0800. The summed E-state index contributed by atoms with van der Waals surface area (Å²) in [5.41, 5.74) is -2.63. The van der Waals surface area contributed by atoms with E-state index in [1.54, 1.807) is 31.3 Å². The number of benzene rings is 2. The lowest BCUT2D eigenvalue weighted by atomic mass is 9.68. The van der Waals surface area contributed by atoms with Crippen molar-refractivity contribution in [2.24, 2.45) is 7.05 Å². The fraction of sp³-hybridized carbons (Fsp3) is 0.348. The number of anilines is 1. The van der Waals surface area contributed by atoms with E-state index in [-0.39, 0.29) is 35.6 Å². The van der Waals surface area contributed by atoms with Crippen molar-refractivity contribution >= 4 is 16.5 Å². The summed E-state index contributed by atoms with van der Waals surface area (Å²) in [6, 6.07) is 7.04. The van der Waals surface area contributed by atoms with Gasteiger partial charge >= 0.3 is 6.18 Å². The number of aryl methyl sites for hydroxylation is 1. The average Bonchev–Trinajstić information content (AvgIpc) is 2.74. The molecule has 3 aromatic rings. The maximum Gasteiger partial charge on any atom is 0.419 e. The van der Waals surface area contributed by atoms with Crippen LogP contribution in [0.3, 0.4) is 0 Å². The van der Waals surface area contributed by atoms with E-state index < -0.39 is 36.0 Å². The first-order chi connectivity index (χ1) is 15.1. The second kappa shape index (κ2) is 6.96. The van der Waals surface area contributed by atoms with E-state index >= 15 is 0 Å². The molecule has 0 fully saturated rings. The topological polar surface area (TPSA) is 63.5 Å². The number of aliphatic hydroxyl groups is 1. The summed E-state index contributed by atoms with van der Waals surface area (Å²) in [4.78, 5) is 12.5. The molecule has 168 valence electrons. The Hall–Kier alpha value is -3.07. The molecular formula is C23H20F4N2O3. The van der Waals surface area contributed by atoms with Crippen LogP contribution in [0.5, 0.6) is 5.75 Å². The van der Waals surface area contributed by atoms with Gasteiger partial charge in [-0.3, -0.25) is 4.79 Å². The Morgan fingerprint density at radius 1 is 1.19 bits per heavy atom. The minimum Gasteiger partial charge on any atom is -0.490 e. The molecule has 2 aliphatic rings. The lowest BCUT2D eigenvalue weighted by Crippen LogP contribution is -2.56. The summed E-state index contributed by atoms with van der Waals surface area (Å²) < 4.78 is 64.0. The summed E-state index contributed by atoms with van der Waals surface area (Å²) in [5.74, 6) is -1.38. The number of halogens is 4. The van der Waals surface area contributed by atoms with Crippen LogP contribution in [0, 0.1) is 5.82 Å². The van der Waals surface area contributed by atoms with E-state index in [1.807, 2.05) is 0 Å². The zero-order valence-corrected chi connectivity index (χ0v) is 17.0. The van der Waals surface area contributed by atoms with Crippen molar-refractivity contribution in [3.05, 3.63) is 69.9 Å². The second-order valence-electron chi connectivity index (χ2n) is 8.42. The fourth-order valence-corrected chi connectivity index (χ4v) is 4.94. The molecule has 2 N–H and O–H groups in total. The van der Waals surface area contributed by atoms with Crippen LogP contribution >= 0.6 is 0 Å². The number of ether oxygens (including phenoxy) is 1. The molecule has 3 unspecified atom stereocenters. The minimum atomic E-state index is -4.95. The van der Waals surface area contributed by atoms with Gasteiger partial charge < -0.3 is 19.7 Å². The molecule has 32 heavy (non-hydrogen) atoms. The second-order valence-corrected chi connectivity index (χ2v) is 8.42. The van der Waals surface area contributed by atoms with Gasteiger partial charge in [0.25, 0.3) is 5.56 Å². The van der Waals surface area contributed by atoms with Crippen molar-refractivity contribution in [2.75, 3.05) is 11.9 Å². The third-order valence-electron chi connectivity index (χ3n) is 6.56. The number of fused-ring (bicyclic) bond motifs is 1. The Labute approximate surface area is 180 Å². The van der Waals surface area contributed by atoms with Gasteiger partial charge in [-0.15, -0.1) is 0 Å². The smallest absolute Gasteiger partial charge is 0.419 e. The molecule has 0 spiro atoms. The number of alkyl halides is 3. The van der Waals surface area contributed by atoms with Crippen molar-refractivity contribution in [2.45, 2.75) is 36.6 Å². The molecular weight excluding hydrogens is 428 g/mol. The number of rotatable bonds is 2. The van der Waals surface area contributed by atoms with Crippen molar-refractivity contribution in [1.82, 2.24) is 4.57 Å². The highest BCUT2D eigenvalue weighted by atomic mass is 19.4. The number of nitrogens with zero attached hydrogens (tertiary/aromatic N) is 1. The quantitative estimate of drug-likeness (QED) is 0.571. The van der Waals surface area contributed by atoms with Gasteiger partial charge in [-0.25, -0.2) is 4.39 Å². The molecule has 0 saturated carbocycles. The van der Waals surface area contributed by atoms with E-state index in [2.05, 4.69) is 5.32 Å². The summed E-state index contributed by atoms with van der Waals surface area (Å²) in [7, 11) is 1.58. The van der Waals surface area contributed by atoms with E-state index in [1.165, 1.54) is 16.8 Å². The first-order valence-electron chi connectivity index (χ1n) is 10.2. The van der Waals surface area contributed by atoms with Crippen molar-refractivity contribution in [3.8, 4) is 5.75 Å². The Kier molecular flexibility index (Phi) is 4.53. The SMILES string of the molecule is Cn1ccc2c(NC3c4ccc(F)c5c4C(CCO5)CC3(O)C(F)(F)F)cccc2c1=O. The third-order valence-corrected chi connectivity index (χ3v) is 6.56. The van der Waals surface area contributed by atoms with Crippen LogP contribution in [0.4, 0.5) is 23.2 Å². The van der Waals surface area contributed by atoms with Gasteiger partial charge in [0, 0.05) is 35.3 Å². The maximum absolute atomic E-state index is 14.4. The summed E-state index contributed by atoms with van der Waals surface area (Å²) >= 11 is 0. The molecule has 2 heterocycles. The lowest BCUT2D eigenvalue weighted by molar-refractivity contribution is -0.273. The normalized spacial score (nSPS) is 24.7. The molecule has 0 amide bonds. The molecule has 9 heteroatoms. The third kappa shape index (κ3) is 2.91. The monoisotopic (exact) mass is 448 g/mol.